The first-order valence-electron chi connectivity index (χ1n) is 10.4. The van der Waals surface area contributed by atoms with E-state index in [1.807, 2.05) is 6.20 Å². The molecule has 0 atom stereocenters. The number of aromatic amines is 1. The maximum absolute atomic E-state index is 4.62. The molecule has 6 nitrogen and oxygen atoms in total. The third kappa shape index (κ3) is 4.70. The minimum atomic E-state index is 0.708. The van der Waals surface area contributed by atoms with Gasteiger partial charge in [0.05, 0.1) is 0 Å². The highest BCUT2D eigenvalue weighted by molar-refractivity contribution is 5.84. The molecule has 3 N–H and O–H groups in total. The fraction of sp³-hybridized carbons (Fsp3) is 0.391. The lowest BCUT2D eigenvalue weighted by Gasteiger charge is -2.16. The molecule has 4 rings (SSSR count). The van der Waals surface area contributed by atoms with Gasteiger partial charge in [0, 0.05) is 56.5 Å². The molecule has 1 aliphatic rings. The molecular weight excluding hydrogens is 360 g/mol. The van der Waals surface area contributed by atoms with Gasteiger partial charge in [-0.15, -0.1) is 0 Å². The van der Waals surface area contributed by atoms with Crippen molar-refractivity contribution in [3.63, 3.8) is 0 Å². The summed E-state index contributed by atoms with van der Waals surface area (Å²) in [6.45, 7) is 5.90. The second-order valence-corrected chi connectivity index (χ2v) is 7.68. The molecule has 29 heavy (non-hydrogen) atoms. The van der Waals surface area contributed by atoms with Crippen molar-refractivity contribution < 1.29 is 0 Å². The number of hydrogen-bond acceptors (Lipinski definition) is 3. The summed E-state index contributed by atoms with van der Waals surface area (Å²) >= 11 is 0. The summed E-state index contributed by atoms with van der Waals surface area (Å²) in [6, 6.07) is 10.8. The van der Waals surface area contributed by atoms with Crippen molar-refractivity contribution in [3.8, 4) is 0 Å². The van der Waals surface area contributed by atoms with Crippen LogP contribution in [0.25, 0.3) is 10.9 Å². The number of benzene rings is 1. The number of anilines is 1. The molecule has 1 aromatic carbocycles. The van der Waals surface area contributed by atoms with E-state index in [4.69, 9.17) is 0 Å². The number of nitrogens with one attached hydrogen (secondary N) is 3. The Morgan fingerprint density at radius 2 is 2.03 bits per heavy atom. The molecule has 152 valence electrons. The van der Waals surface area contributed by atoms with Gasteiger partial charge in [0.25, 0.3) is 0 Å². The van der Waals surface area contributed by atoms with E-state index in [1.54, 1.807) is 7.05 Å². The first kappa shape index (κ1) is 19.3. The molecule has 1 saturated heterocycles. The van der Waals surface area contributed by atoms with Crippen molar-refractivity contribution in [1.82, 2.24) is 20.6 Å². The minimum absolute atomic E-state index is 0.708. The maximum Gasteiger partial charge on any atom is 0.191 e. The van der Waals surface area contributed by atoms with Gasteiger partial charge in [-0.05, 0) is 55.0 Å². The van der Waals surface area contributed by atoms with Gasteiger partial charge < -0.3 is 20.5 Å². The van der Waals surface area contributed by atoms with Crippen LogP contribution >= 0.6 is 0 Å². The molecule has 0 unspecified atom stereocenters. The van der Waals surface area contributed by atoms with Crippen LogP contribution in [-0.4, -0.2) is 42.6 Å². The second kappa shape index (κ2) is 8.99. The van der Waals surface area contributed by atoms with Gasteiger partial charge in [0.2, 0.25) is 0 Å². The molecular formula is C23H30N6. The summed E-state index contributed by atoms with van der Waals surface area (Å²) in [5.41, 5.74) is 4.96. The van der Waals surface area contributed by atoms with Gasteiger partial charge in [0.15, 0.2) is 5.96 Å². The zero-order chi connectivity index (χ0) is 20.1. The van der Waals surface area contributed by atoms with Crippen LogP contribution in [0.15, 0.2) is 47.7 Å². The molecule has 0 bridgehead atoms. The number of aliphatic imine (C=N–C) groups is 1. The summed E-state index contributed by atoms with van der Waals surface area (Å²) in [7, 11) is 1.80. The monoisotopic (exact) mass is 390 g/mol. The fourth-order valence-electron chi connectivity index (χ4n) is 3.88. The van der Waals surface area contributed by atoms with Gasteiger partial charge in [-0.3, -0.25) is 4.99 Å². The topological polar surface area (TPSA) is 68.3 Å². The Labute approximate surface area is 172 Å². The highest BCUT2D eigenvalue weighted by Gasteiger charge is 2.13. The number of hydrogen-bond donors (Lipinski definition) is 3. The predicted molar refractivity (Wildman–Crippen MR) is 121 cm³/mol. The molecule has 0 radical (unpaired) electrons. The minimum Gasteiger partial charge on any atom is -0.361 e. The number of pyridine rings is 1. The number of aromatic nitrogens is 2. The number of rotatable bonds is 6. The van der Waals surface area contributed by atoms with Crippen LogP contribution in [0, 0.1) is 6.92 Å². The number of guanidine groups is 1. The smallest absolute Gasteiger partial charge is 0.191 e. The molecule has 0 saturated carbocycles. The second-order valence-electron chi connectivity index (χ2n) is 7.68. The van der Waals surface area contributed by atoms with Crippen molar-refractivity contribution in [1.29, 1.82) is 0 Å². The highest BCUT2D eigenvalue weighted by Crippen LogP contribution is 2.20. The van der Waals surface area contributed by atoms with E-state index in [2.05, 4.69) is 73.9 Å². The Bertz CT molecular complexity index is 967. The Hall–Kier alpha value is -3.02. The molecule has 0 aliphatic carbocycles. The number of nitrogens with zero attached hydrogens (tertiary/aromatic N) is 3. The largest absolute Gasteiger partial charge is 0.361 e. The Morgan fingerprint density at radius 3 is 2.79 bits per heavy atom. The van der Waals surface area contributed by atoms with Crippen LogP contribution in [0.4, 0.5) is 5.82 Å². The first-order chi connectivity index (χ1) is 14.2. The van der Waals surface area contributed by atoms with E-state index in [0.29, 0.717) is 6.54 Å². The Balaban J connectivity index is 1.26. The number of fused-ring (bicyclic) bond motifs is 1. The average molecular weight is 391 g/mol. The summed E-state index contributed by atoms with van der Waals surface area (Å²) in [6.07, 6.45) is 7.55. The van der Waals surface area contributed by atoms with E-state index in [-0.39, 0.29) is 0 Å². The van der Waals surface area contributed by atoms with Crippen LogP contribution in [0.2, 0.25) is 0 Å². The average Bonchev–Trinajstić information content (AvgIpc) is 3.41. The van der Waals surface area contributed by atoms with E-state index >= 15 is 0 Å². The molecule has 2 aromatic heterocycles. The Morgan fingerprint density at radius 1 is 1.17 bits per heavy atom. The van der Waals surface area contributed by atoms with Crippen molar-refractivity contribution in [3.05, 3.63) is 59.4 Å². The van der Waals surface area contributed by atoms with E-state index in [0.717, 1.165) is 43.4 Å². The van der Waals surface area contributed by atoms with Gasteiger partial charge in [-0.2, -0.15) is 0 Å². The summed E-state index contributed by atoms with van der Waals surface area (Å²) < 4.78 is 0. The first-order valence-corrected chi connectivity index (χ1v) is 10.4. The van der Waals surface area contributed by atoms with E-state index in [1.165, 1.54) is 34.9 Å². The molecule has 3 heterocycles. The van der Waals surface area contributed by atoms with Crippen molar-refractivity contribution in [2.75, 3.05) is 31.6 Å². The maximum atomic E-state index is 4.62. The van der Waals surface area contributed by atoms with E-state index in [9.17, 15) is 0 Å². The van der Waals surface area contributed by atoms with Crippen LogP contribution in [0.5, 0.6) is 0 Å². The number of H-pyrrole nitrogens is 1. The van der Waals surface area contributed by atoms with Crippen LogP contribution in [0.3, 0.4) is 0 Å². The third-order valence-electron chi connectivity index (χ3n) is 5.53. The van der Waals surface area contributed by atoms with Gasteiger partial charge >= 0.3 is 0 Å². The van der Waals surface area contributed by atoms with Crippen LogP contribution < -0.4 is 15.5 Å². The molecule has 1 fully saturated rings. The molecule has 1 aliphatic heterocycles. The summed E-state index contributed by atoms with van der Waals surface area (Å²) in [5, 5.41) is 8.08. The highest BCUT2D eigenvalue weighted by atomic mass is 15.2. The van der Waals surface area contributed by atoms with Gasteiger partial charge in [-0.1, -0.05) is 18.2 Å². The standard InChI is InChI=1S/C23H30N6/c1-17-5-7-20-19(16-26-21(20)13-17)9-10-25-23(24-2)28-15-18-6-8-22(27-14-18)29-11-3-4-12-29/h5-8,13-14,16,26H,3-4,9-12,15H2,1-2H3,(H2,24,25,28). The quantitative estimate of drug-likeness (QED) is 0.446. The number of aryl methyl sites for hydroxylation is 1. The summed E-state index contributed by atoms with van der Waals surface area (Å²) in [4.78, 5) is 14.7. The fourth-order valence-corrected chi connectivity index (χ4v) is 3.88. The van der Waals surface area contributed by atoms with Gasteiger partial charge in [0.1, 0.15) is 5.82 Å². The van der Waals surface area contributed by atoms with Crippen LogP contribution in [0.1, 0.15) is 29.5 Å². The molecule has 0 amide bonds. The predicted octanol–water partition coefficient (Wildman–Crippen LogP) is 3.38. The van der Waals surface area contributed by atoms with Crippen molar-refractivity contribution in [2.45, 2.75) is 32.7 Å². The molecule has 0 spiro atoms. The molecule has 6 heteroatoms. The zero-order valence-electron chi connectivity index (χ0n) is 17.3. The van der Waals surface area contributed by atoms with Crippen molar-refractivity contribution >= 4 is 22.7 Å². The van der Waals surface area contributed by atoms with Crippen molar-refractivity contribution in [2.24, 2.45) is 4.99 Å². The SMILES string of the molecule is CN=C(NCCc1c[nH]c2cc(C)ccc12)NCc1ccc(N2CCCC2)nc1. The summed E-state index contributed by atoms with van der Waals surface area (Å²) in [5.74, 6) is 1.90. The van der Waals surface area contributed by atoms with E-state index < -0.39 is 0 Å². The van der Waals surface area contributed by atoms with Crippen LogP contribution in [-0.2, 0) is 13.0 Å². The Kier molecular flexibility index (Phi) is 5.98. The zero-order valence-corrected chi connectivity index (χ0v) is 17.3. The van der Waals surface area contributed by atoms with Gasteiger partial charge in [-0.25, -0.2) is 4.98 Å². The lowest BCUT2D eigenvalue weighted by Crippen LogP contribution is -2.37. The molecule has 3 aromatic rings. The normalized spacial score (nSPS) is 14.6. The lowest BCUT2D eigenvalue weighted by atomic mass is 10.1. The lowest BCUT2D eigenvalue weighted by molar-refractivity contribution is 0.794. The third-order valence-corrected chi connectivity index (χ3v) is 5.53.